The molecule has 1 aromatic carbocycles. The van der Waals surface area contributed by atoms with Crippen LogP contribution in [0.2, 0.25) is 0 Å². The number of carbonyl (C=O) groups is 2. The molecule has 0 saturated carbocycles. The van der Waals surface area contributed by atoms with Crippen LogP contribution in [-0.2, 0) is 16.1 Å². The van der Waals surface area contributed by atoms with E-state index in [-0.39, 0.29) is 12.6 Å². The Morgan fingerprint density at radius 2 is 2.08 bits per heavy atom. The van der Waals surface area contributed by atoms with E-state index in [4.69, 9.17) is 9.47 Å². The number of likely N-dealkylation sites (tertiary alicyclic amines) is 1. The number of carboxylic acids is 1. The Labute approximate surface area is 154 Å². The van der Waals surface area contributed by atoms with Crippen molar-refractivity contribution in [3.63, 3.8) is 0 Å². The summed E-state index contributed by atoms with van der Waals surface area (Å²) < 4.78 is 10.6. The van der Waals surface area contributed by atoms with Crippen molar-refractivity contribution in [2.45, 2.75) is 45.4 Å². The van der Waals surface area contributed by atoms with Gasteiger partial charge in [0.25, 0.3) is 0 Å². The van der Waals surface area contributed by atoms with E-state index in [2.05, 4.69) is 5.32 Å². The number of aliphatic carboxylic acids is 1. The Balaban J connectivity index is 1.97. The van der Waals surface area contributed by atoms with E-state index in [1.807, 2.05) is 24.3 Å². The van der Waals surface area contributed by atoms with E-state index in [9.17, 15) is 14.7 Å². The van der Waals surface area contributed by atoms with Gasteiger partial charge in [-0.1, -0.05) is 12.1 Å². The highest BCUT2D eigenvalue weighted by Gasteiger charge is 2.37. The molecule has 2 N–H and O–H groups in total. The summed E-state index contributed by atoms with van der Waals surface area (Å²) in [7, 11) is 1.61. The van der Waals surface area contributed by atoms with Crippen LogP contribution in [0.25, 0.3) is 0 Å². The minimum Gasteiger partial charge on any atom is -0.497 e. The Bertz CT molecular complexity index is 641. The quantitative estimate of drug-likeness (QED) is 0.835. The van der Waals surface area contributed by atoms with Gasteiger partial charge in [-0.05, 0) is 44.9 Å². The molecule has 7 nitrogen and oxygen atoms in total. The van der Waals surface area contributed by atoms with Crippen molar-refractivity contribution < 1.29 is 24.2 Å². The van der Waals surface area contributed by atoms with E-state index >= 15 is 0 Å². The minimum atomic E-state index is -0.915. The number of hydrogen-bond acceptors (Lipinski definition) is 5. The van der Waals surface area contributed by atoms with Crippen LogP contribution in [-0.4, -0.2) is 53.9 Å². The summed E-state index contributed by atoms with van der Waals surface area (Å²) in [6.07, 6.45) is 0.0928. The lowest BCUT2D eigenvalue weighted by atomic mass is 9.92. The predicted molar refractivity (Wildman–Crippen MR) is 97.2 cm³/mol. The first-order valence-electron chi connectivity index (χ1n) is 8.76. The van der Waals surface area contributed by atoms with Gasteiger partial charge >= 0.3 is 12.1 Å². The predicted octanol–water partition coefficient (Wildman–Crippen LogP) is 2.50. The molecule has 0 radical (unpaired) electrons. The normalized spacial score (nSPS) is 20.5. The number of nitrogens with zero attached hydrogens (tertiary/aromatic N) is 1. The molecule has 0 bridgehead atoms. The van der Waals surface area contributed by atoms with Crippen LogP contribution < -0.4 is 10.1 Å². The van der Waals surface area contributed by atoms with Crippen molar-refractivity contribution >= 4 is 12.1 Å². The second-order valence-electron chi connectivity index (χ2n) is 7.50. The first-order valence-corrected chi connectivity index (χ1v) is 8.76. The molecule has 1 heterocycles. The Morgan fingerprint density at radius 1 is 1.35 bits per heavy atom. The number of rotatable bonds is 5. The van der Waals surface area contributed by atoms with Crippen molar-refractivity contribution in [1.82, 2.24) is 10.2 Å². The largest absolute Gasteiger partial charge is 0.497 e. The Hall–Kier alpha value is -2.28. The van der Waals surface area contributed by atoms with Gasteiger partial charge in [0.15, 0.2) is 0 Å². The molecule has 1 aromatic rings. The van der Waals surface area contributed by atoms with E-state index in [1.54, 1.807) is 27.9 Å². The lowest BCUT2D eigenvalue weighted by Crippen LogP contribution is -2.54. The molecule has 0 aliphatic carbocycles. The first-order chi connectivity index (χ1) is 12.2. The molecule has 0 aromatic heterocycles. The highest BCUT2D eigenvalue weighted by molar-refractivity contribution is 5.74. The average molecular weight is 364 g/mol. The van der Waals surface area contributed by atoms with Crippen LogP contribution in [0.4, 0.5) is 4.79 Å². The highest BCUT2D eigenvalue weighted by atomic mass is 16.6. The summed E-state index contributed by atoms with van der Waals surface area (Å²) in [5.41, 5.74) is 0.417. The van der Waals surface area contributed by atoms with Gasteiger partial charge in [-0.3, -0.25) is 4.79 Å². The molecule has 1 saturated heterocycles. The SMILES string of the molecule is COc1cccc(CN[C@@H]2CCN(C(=O)OC(C)(C)C)C[C@H]2C(=O)O)c1. The first kappa shape index (κ1) is 20.0. The van der Waals surface area contributed by atoms with Crippen LogP contribution in [0.5, 0.6) is 5.75 Å². The lowest BCUT2D eigenvalue weighted by molar-refractivity contribution is -0.144. The van der Waals surface area contributed by atoms with Crippen molar-refractivity contribution in [2.24, 2.45) is 5.92 Å². The summed E-state index contributed by atoms with van der Waals surface area (Å²) >= 11 is 0. The van der Waals surface area contributed by atoms with Gasteiger partial charge in [-0.15, -0.1) is 0 Å². The molecule has 144 valence electrons. The second kappa shape index (κ2) is 8.40. The topological polar surface area (TPSA) is 88.1 Å². The summed E-state index contributed by atoms with van der Waals surface area (Å²) in [6.45, 7) is 6.53. The number of benzene rings is 1. The van der Waals surface area contributed by atoms with Crippen molar-refractivity contribution in [1.29, 1.82) is 0 Å². The molecule has 1 amide bonds. The fourth-order valence-corrected chi connectivity index (χ4v) is 2.97. The molecule has 7 heteroatoms. The van der Waals surface area contributed by atoms with Gasteiger partial charge in [-0.25, -0.2) is 4.79 Å². The number of nitrogens with one attached hydrogen (secondary N) is 1. The molecular formula is C19H28N2O5. The number of carbonyl (C=O) groups excluding carboxylic acids is 1. The fraction of sp³-hybridized carbons (Fsp3) is 0.579. The number of piperidine rings is 1. The molecule has 1 aliphatic heterocycles. The maximum atomic E-state index is 12.2. The molecule has 2 rings (SSSR count). The number of methoxy groups -OCH3 is 1. The van der Waals surface area contributed by atoms with Gasteiger partial charge in [0.2, 0.25) is 0 Å². The average Bonchev–Trinajstić information content (AvgIpc) is 2.58. The highest BCUT2D eigenvalue weighted by Crippen LogP contribution is 2.21. The maximum absolute atomic E-state index is 12.2. The van der Waals surface area contributed by atoms with Gasteiger partial charge in [-0.2, -0.15) is 0 Å². The molecule has 2 atom stereocenters. The standard InChI is InChI=1S/C19H28N2O5/c1-19(2,3)26-18(24)21-9-8-16(15(12-21)17(22)23)20-11-13-6-5-7-14(10-13)25-4/h5-7,10,15-16,20H,8-9,11-12H2,1-4H3,(H,22,23)/t15-,16-/m1/s1. The summed E-state index contributed by atoms with van der Waals surface area (Å²) in [6, 6.07) is 7.43. The number of carboxylic acid groups (broad SMARTS) is 1. The van der Waals surface area contributed by atoms with Crippen LogP contribution >= 0.6 is 0 Å². The van der Waals surface area contributed by atoms with Crippen molar-refractivity contribution in [2.75, 3.05) is 20.2 Å². The molecule has 0 spiro atoms. The fourth-order valence-electron chi connectivity index (χ4n) is 2.97. The van der Waals surface area contributed by atoms with Crippen LogP contribution in [0.15, 0.2) is 24.3 Å². The van der Waals surface area contributed by atoms with Gasteiger partial charge < -0.3 is 24.8 Å². The van der Waals surface area contributed by atoms with Crippen molar-refractivity contribution in [3.8, 4) is 5.75 Å². The second-order valence-corrected chi connectivity index (χ2v) is 7.50. The molecule has 1 aliphatic rings. The molecule has 0 unspecified atom stereocenters. The zero-order chi connectivity index (χ0) is 19.3. The van der Waals surface area contributed by atoms with E-state index in [0.29, 0.717) is 19.5 Å². The van der Waals surface area contributed by atoms with E-state index < -0.39 is 23.6 Å². The number of hydrogen-bond donors (Lipinski definition) is 2. The van der Waals surface area contributed by atoms with Gasteiger partial charge in [0.05, 0.1) is 13.0 Å². The van der Waals surface area contributed by atoms with E-state index in [1.165, 1.54) is 4.90 Å². The summed E-state index contributed by atoms with van der Waals surface area (Å²) in [4.78, 5) is 25.4. The Kier molecular flexibility index (Phi) is 6.47. The summed E-state index contributed by atoms with van der Waals surface area (Å²) in [5, 5.41) is 12.9. The smallest absolute Gasteiger partial charge is 0.410 e. The van der Waals surface area contributed by atoms with E-state index in [0.717, 1.165) is 11.3 Å². The minimum absolute atomic E-state index is 0.139. The lowest BCUT2D eigenvalue weighted by Gasteiger charge is -2.37. The van der Waals surface area contributed by atoms with Crippen LogP contribution in [0, 0.1) is 5.92 Å². The molecule has 26 heavy (non-hydrogen) atoms. The monoisotopic (exact) mass is 364 g/mol. The summed E-state index contributed by atoms with van der Waals surface area (Å²) in [5.74, 6) is -0.831. The third-order valence-electron chi connectivity index (χ3n) is 4.28. The number of ether oxygens (including phenoxy) is 2. The maximum Gasteiger partial charge on any atom is 0.410 e. The van der Waals surface area contributed by atoms with Gasteiger partial charge in [0.1, 0.15) is 11.4 Å². The molecular weight excluding hydrogens is 336 g/mol. The zero-order valence-corrected chi connectivity index (χ0v) is 15.8. The van der Waals surface area contributed by atoms with Crippen LogP contribution in [0.1, 0.15) is 32.8 Å². The van der Waals surface area contributed by atoms with Crippen molar-refractivity contribution in [3.05, 3.63) is 29.8 Å². The Morgan fingerprint density at radius 3 is 2.69 bits per heavy atom. The third-order valence-corrected chi connectivity index (χ3v) is 4.28. The number of amides is 1. The van der Waals surface area contributed by atoms with Crippen LogP contribution in [0.3, 0.4) is 0 Å². The van der Waals surface area contributed by atoms with Gasteiger partial charge in [0, 0.05) is 25.7 Å². The third kappa shape index (κ3) is 5.62. The molecule has 1 fully saturated rings. The zero-order valence-electron chi connectivity index (χ0n) is 15.8.